The van der Waals surface area contributed by atoms with Crippen molar-refractivity contribution in [1.82, 2.24) is 0 Å². The molecule has 1 atom stereocenters. The second kappa shape index (κ2) is 4.25. The second-order valence-corrected chi connectivity index (χ2v) is 5.02. The van der Waals surface area contributed by atoms with Crippen LogP contribution in [-0.2, 0) is 9.53 Å². The first kappa shape index (κ1) is 11.1. The lowest BCUT2D eigenvalue weighted by molar-refractivity contribution is -0.173. The third-order valence-electron chi connectivity index (χ3n) is 4.46. The minimum atomic E-state index is -0.122. The minimum absolute atomic E-state index is 0.122. The maximum absolute atomic E-state index is 11.7. The summed E-state index contributed by atoms with van der Waals surface area (Å²) in [5.74, 6) is 0.426. The van der Waals surface area contributed by atoms with Gasteiger partial charge in [-0.15, -0.1) is 0 Å². The lowest BCUT2D eigenvalue weighted by atomic mass is 9.61. The smallest absolute Gasteiger partial charge is 0.144 e. The van der Waals surface area contributed by atoms with Gasteiger partial charge in [-0.05, 0) is 25.7 Å². The Balaban J connectivity index is 1.95. The topological polar surface area (TPSA) is 26.3 Å². The van der Waals surface area contributed by atoms with E-state index in [1.54, 1.807) is 0 Å². The van der Waals surface area contributed by atoms with Crippen molar-refractivity contribution < 1.29 is 9.53 Å². The van der Waals surface area contributed by atoms with Crippen molar-refractivity contribution in [3.8, 4) is 0 Å². The van der Waals surface area contributed by atoms with E-state index in [2.05, 4.69) is 13.8 Å². The van der Waals surface area contributed by atoms with Crippen LogP contribution in [0, 0.1) is 5.41 Å². The molecule has 0 heterocycles. The Bertz CT molecular complexity index is 237. The Morgan fingerprint density at radius 1 is 1.27 bits per heavy atom. The maximum Gasteiger partial charge on any atom is 0.144 e. The fourth-order valence-electron chi connectivity index (χ4n) is 3.15. The van der Waals surface area contributed by atoms with Crippen LogP contribution in [0.2, 0.25) is 0 Å². The molecule has 2 nitrogen and oxygen atoms in total. The van der Waals surface area contributed by atoms with E-state index in [0.717, 1.165) is 12.8 Å². The Morgan fingerprint density at radius 3 is 2.33 bits per heavy atom. The summed E-state index contributed by atoms with van der Waals surface area (Å²) in [7, 11) is 0. The monoisotopic (exact) mass is 210 g/mol. The number of hydrogen-bond donors (Lipinski definition) is 0. The van der Waals surface area contributed by atoms with Gasteiger partial charge in [0.15, 0.2) is 0 Å². The van der Waals surface area contributed by atoms with Crippen molar-refractivity contribution >= 4 is 5.78 Å². The van der Waals surface area contributed by atoms with Crippen LogP contribution in [0.25, 0.3) is 0 Å². The van der Waals surface area contributed by atoms with E-state index in [9.17, 15) is 4.79 Å². The summed E-state index contributed by atoms with van der Waals surface area (Å²) >= 11 is 0. The molecule has 0 aromatic heterocycles. The molecule has 0 N–H and O–H groups in total. The molecular weight excluding hydrogens is 188 g/mol. The minimum Gasteiger partial charge on any atom is -0.373 e. The van der Waals surface area contributed by atoms with Gasteiger partial charge in [-0.2, -0.15) is 0 Å². The van der Waals surface area contributed by atoms with Crippen molar-refractivity contribution in [2.45, 2.75) is 71.0 Å². The van der Waals surface area contributed by atoms with Gasteiger partial charge in [0.1, 0.15) is 5.78 Å². The predicted octanol–water partition coefficient (Wildman–Crippen LogP) is 3.09. The summed E-state index contributed by atoms with van der Waals surface area (Å²) in [6.07, 6.45) is 8.23. The third-order valence-corrected chi connectivity index (χ3v) is 4.46. The zero-order valence-corrected chi connectivity index (χ0v) is 9.92. The van der Waals surface area contributed by atoms with Gasteiger partial charge in [-0.25, -0.2) is 0 Å². The molecule has 0 radical (unpaired) electrons. The van der Waals surface area contributed by atoms with Crippen molar-refractivity contribution in [1.29, 1.82) is 0 Å². The predicted molar refractivity (Wildman–Crippen MR) is 59.8 cm³/mol. The molecule has 2 saturated carbocycles. The fraction of sp³-hybridized carbons (Fsp3) is 0.923. The summed E-state index contributed by atoms with van der Waals surface area (Å²) in [6.45, 7) is 4.23. The highest BCUT2D eigenvalue weighted by Crippen LogP contribution is 2.46. The highest BCUT2D eigenvalue weighted by molar-refractivity contribution is 5.92. The quantitative estimate of drug-likeness (QED) is 0.712. The van der Waals surface area contributed by atoms with Crippen molar-refractivity contribution in [2.24, 2.45) is 5.41 Å². The Morgan fingerprint density at radius 2 is 1.87 bits per heavy atom. The van der Waals surface area contributed by atoms with Crippen LogP contribution in [0.4, 0.5) is 0 Å². The number of carbonyl (C=O) groups is 1. The van der Waals surface area contributed by atoms with Crippen LogP contribution in [0.5, 0.6) is 0 Å². The summed E-state index contributed by atoms with van der Waals surface area (Å²) in [4.78, 5) is 11.7. The van der Waals surface area contributed by atoms with Crippen molar-refractivity contribution in [2.75, 3.05) is 0 Å². The van der Waals surface area contributed by atoms with Crippen molar-refractivity contribution in [3.63, 3.8) is 0 Å². The molecule has 2 fully saturated rings. The standard InChI is InChI=1S/C13H22O2/c1-3-13(4-2)11(14)9-12(13)15-10-7-5-6-8-10/h10,12H,3-9H2,1-2H3. The van der Waals surface area contributed by atoms with Crippen LogP contribution in [0.3, 0.4) is 0 Å². The van der Waals surface area contributed by atoms with E-state index in [-0.39, 0.29) is 11.5 Å². The molecule has 2 aliphatic rings. The Labute approximate surface area is 92.4 Å². The molecule has 86 valence electrons. The van der Waals surface area contributed by atoms with Gasteiger partial charge >= 0.3 is 0 Å². The number of ketones is 1. The van der Waals surface area contributed by atoms with Crippen molar-refractivity contribution in [3.05, 3.63) is 0 Å². The summed E-state index contributed by atoms with van der Waals surface area (Å²) < 4.78 is 6.09. The summed E-state index contributed by atoms with van der Waals surface area (Å²) in [5.41, 5.74) is -0.122. The van der Waals surface area contributed by atoms with Gasteiger partial charge in [0.05, 0.1) is 17.6 Å². The number of Topliss-reactive ketones (excluding diaryl/α,β-unsaturated/α-hetero) is 1. The first-order valence-corrected chi connectivity index (χ1v) is 6.41. The van der Waals surface area contributed by atoms with Crippen LogP contribution in [0.1, 0.15) is 58.8 Å². The van der Waals surface area contributed by atoms with Gasteiger partial charge in [-0.3, -0.25) is 4.79 Å². The van der Waals surface area contributed by atoms with Gasteiger partial charge in [0, 0.05) is 6.42 Å². The fourth-order valence-corrected chi connectivity index (χ4v) is 3.15. The Hall–Kier alpha value is -0.370. The molecular formula is C13H22O2. The molecule has 0 spiro atoms. The van der Waals surface area contributed by atoms with E-state index in [4.69, 9.17) is 4.74 Å². The van der Waals surface area contributed by atoms with Crippen LogP contribution in [-0.4, -0.2) is 18.0 Å². The molecule has 15 heavy (non-hydrogen) atoms. The van der Waals surface area contributed by atoms with Crippen LogP contribution < -0.4 is 0 Å². The van der Waals surface area contributed by atoms with E-state index in [1.165, 1.54) is 25.7 Å². The van der Waals surface area contributed by atoms with Gasteiger partial charge in [-0.1, -0.05) is 26.7 Å². The van der Waals surface area contributed by atoms with E-state index in [1.807, 2.05) is 0 Å². The highest BCUT2D eigenvalue weighted by atomic mass is 16.5. The van der Waals surface area contributed by atoms with E-state index in [0.29, 0.717) is 18.3 Å². The van der Waals surface area contributed by atoms with E-state index < -0.39 is 0 Å². The molecule has 0 aromatic carbocycles. The number of hydrogen-bond acceptors (Lipinski definition) is 2. The van der Waals surface area contributed by atoms with Crippen LogP contribution >= 0.6 is 0 Å². The number of carbonyl (C=O) groups excluding carboxylic acids is 1. The number of rotatable bonds is 4. The van der Waals surface area contributed by atoms with Gasteiger partial charge < -0.3 is 4.74 Å². The molecule has 0 aliphatic heterocycles. The highest BCUT2D eigenvalue weighted by Gasteiger charge is 2.53. The van der Waals surface area contributed by atoms with Crippen LogP contribution in [0.15, 0.2) is 0 Å². The second-order valence-electron chi connectivity index (χ2n) is 5.02. The largest absolute Gasteiger partial charge is 0.373 e. The lowest BCUT2D eigenvalue weighted by Crippen LogP contribution is -2.55. The first-order chi connectivity index (χ1) is 7.23. The number of ether oxygens (including phenoxy) is 1. The molecule has 2 rings (SSSR count). The maximum atomic E-state index is 11.7. The zero-order chi connectivity index (χ0) is 10.9. The molecule has 0 amide bonds. The van der Waals surface area contributed by atoms with Gasteiger partial charge in [0.2, 0.25) is 0 Å². The molecule has 0 saturated heterocycles. The molecule has 2 heteroatoms. The molecule has 1 unspecified atom stereocenters. The van der Waals surface area contributed by atoms with Gasteiger partial charge in [0.25, 0.3) is 0 Å². The first-order valence-electron chi connectivity index (χ1n) is 6.41. The SMILES string of the molecule is CCC1(CC)C(=O)CC1OC1CCCC1. The third kappa shape index (κ3) is 1.73. The average Bonchev–Trinajstić information content (AvgIpc) is 2.72. The summed E-state index contributed by atoms with van der Waals surface area (Å²) in [6, 6.07) is 0. The normalized spacial score (nSPS) is 30.5. The average molecular weight is 210 g/mol. The molecule has 0 aromatic rings. The Kier molecular flexibility index (Phi) is 3.15. The molecule has 2 aliphatic carbocycles. The lowest BCUT2D eigenvalue weighted by Gasteiger charge is -2.47. The summed E-state index contributed by atoms with van der Waals surface area (Å²) in [5, 5.41) is 0. The van der Waals surface area contributed by atoms with E-state index >= 15 is 0 Å². The molecule has 0 bridgehead atoms. The zero-order valence-electron chi connectivity index (χ0n) is 9.92.